The first-order valence-electron chi connectivity index (χ1n) is 2.36. The van der Waals surface area contributed by atoms with Gasteiger partial charge in [-0.3, -0.25) is 0 Å². The lowest BCUT2D eigenvalue weighted by atomic mass is 10.6. The third kappa shape index (κ3) is 3.70. The second-order valence-electron chi connectivity index (χ2n) is 1.45. The number of halogens is 2. The third-order valence-corrected chi connectivity index (χ3v) is 0.587. The van der Waals surface area contributed by atoms with Gasteiger partial charge < -0.3 is 4.74 Å². The van der Waals surface area contributed by atoms with Crippen LogP contribution in [0, 0.1) is 0 Å². The van der Waals surface area contributed by atoms with Crippen LogP contribution in [0.15, 0.2) is 24.7 Å². The van der Waals surface area contributed by atoms with E-state index in [0.717, 1.165) is 0 Å². The predicted molar refractivity (Wildman–Crippen MR) is 31.3 cm³/mol. The number of alkyl halides is 2. The zero-order valence-electron chi connectivity index (χ0n) is 4.99. The highest BCUT2D eigenvalue weighted by molar-refractivity contribution is 4.92. The molecule has 0 aromatic heterocycles. The van der Waals surface area contributed by atoms with E-state index in [-0.39, 0.29) is 11.5 Å². The summed E-state index contributed by atoms with van der Waals surface area (Å²) >= 11 is 0. The van der Waals surface area contributed by atoms with Crippen LogP contribution in [0.4, 0.5) is 8.78 Å². The fourth-order valence-electron chi connectivity index (χ4n) is 0.259. The van der Waals surface area contributed by atoms with Crippen LogP contribution in [0.5, 0.6) is 0 Å². The number of hydrogen-bond acceptors (Lipinski definition) is 1. The Morgan fingerprint density at radius 1 is 1.11 bits per heavy atom. The van der Waals surface area contributed by atoms with E-state index in [9.17, 15) is 8.78 Å². The smallest absolute Gasteiger partial charge is 0.147 e. The molecule has 0 unspecified atom stereocenters. The van der Waals surface area contributed by atoms with E-state index in [2.05, 4.69) is 17.9 Å². The lowest BCUT2D eigenvalue weighted by Crippen LogP contribution is -1.93. The van der Waals surface area contributed by atoms with Gasteiger partial charge in [-0.15, -0.1) is 0 Å². The molecule has 0 saturated heterocycles. The molecule has 52 valence electrons. The van der Waals surface area contributed by atoms with Gasteiger partial charge in [0.2, 0.25) is 0 Å². The van der Waals surface area contributed by atoms with Gasteiger partial charge in [0.25, 0.3) is 0 Å². The summed E-state index contributed by atoms with van der Waals surface area (Å²) in [5.74, 6) is -0.227. The lowest BCUT2D eigenvalue weighted by Gasteiger charge is -2.02. The molecule has 1 nitrogen and oxygen atoms in total. The third-order valence-electron chi connectivity index (χ3n) is 0.587. The van der Waals surface area contributed by atoms with E-state index in [1.165, 1.54) is 0 Å². The maximum absolute atomic E-state index is 11.5. The number of ether oxygens (including phenoxy) is 1. The molecule has 9 heavy (non-hydrogen) atoms. The molecule has 0 spiro atoms. The fraction of sp³-hybridized carbons (Fsp3) is 0.333. The van der Waals surface area contributed by atoms with Gasteiger partial charge in [0.05, 0.1) is 0 Å². The van der Waals surface area contributed by atoms with Crippen LogP contribution in [0.2, 0.25) is 0 Å². The van der Waals surface area contributed by atoms with Gasteiger partial charge in [-0.1, -0.05) is 13.2 Å². The zero-order chi connectivity index (χ0) is 7.28. The average molecular weight is 134 g/mol. The van der Waals surface area contributed by atoms with Crippen molar-refractivity contribution in [2.45, 2.75) is 0 Å². The van der Waals surface area contributed by atoms with Crippen molar-refractivity contribution < 1.29 is 13.5 Å². The summed E-state index contributed by atoms with van der Waals surface area (Å²) < 4.78 is 27.4. The molecule has 0 aromatic carbocycles. The van der Waals surface area contributed by atoms with Gasteiger partial charge in [-0.2, -0.15) is 0 Å². The highest BCUT2D eigenvalue weighted by Crippen LogP contribution is 2.02. The maximum Gasteiger partial charge on any atom is 0.147 e. The summed E-state index contributed by atoms with van der Waals surface area (Å²) in [6.45, 7) is 4.66. The van der Waals surface area contributed by atoms with Gasteiger partial charge in [0, 0.05) is 0 Å². The lowest BCUT2D eigenvalue weighted by molar-refractivity contribution is 0.244. The Hall–Kier alpha value is -0.860. The van der Waals surface area contributed by atoms with E-state index in [1.807, 2.05) is 0 Å². The minimum atomic E-state index is -0.807. The zero-order valence-corrected chi connectivity index (χ0v) is 4.99. The van der Waals surface area contributed by atoms with Crippen molar-refractivity contribution in [1.29, 1.82) is 0 Å². The monoisotopic (exact) mass is 134 g/mol. The van der Waals surface area contributed by atoms with E-state index < -0.39 is 13.3 Å². The molecule has 0 aliphatic rings. The highest BCUT2D eigenvalue weighted by Gasteiger charge is 1.95. The fourth-order valence-corrected chi connectivity index (χ4v) is 0.259. The second-order valence-corrected chi connectivity index (χ2v) is 1.45. The molecule has 0 saturated carbocycles. The van der Waals surface area contributed by atoms with Crippen LogP contribution in [0.25, 0.3) is 0 Å². The van der Waals surface area contributed by atoms with Crippen molar-refractivity contribution in [2.75, 3.05) is 13.3 Å². The van der Waals surface area contributed by atoms with Gasteiger partial charge >= 0.3 is 0 Å². The molecule has 0 aliphatic carbocycles. The summed E-state index contributed by atoms with van der Waals surface area (Å²) in [6, 6.07) is 0. The topological polar surface area (TPSA) is 9.23 Å². The Morgan fingerprint density at radius 2 is 1.44 bits per heavy atom. The average Bonchev–Trinajstić information content (AvgIpc) is 1.87. The molecular weight excluding hydrogens is 126 g/mol. The molecule has 0 radical (unpaired) electrons. The van der Waals surface area contributed by atoms with E-state index in [1.54, 1.807) is 0 Å². The first-order chi connectivity index (χ1) is 4.20. The first kappa shape index (κ1) is 8.14. The molecular formula is C6H8F2O. The Balaban J connectivity index is 3.47. The molecule has 0 fully saturated rings. The standard InChI is InChI=1S/C6H8F2O/c1-5(3-7)9-6(2)4-8/h1-4H2. The molecule has 0 rings (SSSR count). The minimum absolute atomic E-state index is 0.113. The van der Waals surface area contributed by atoms with Crippen LogP contribution in [0.3, 0.4) is 0 Å². The maximum atomic E-state index is 11.5. The SMILES string of the molecule is C=C(CF)OC(=C)CF. The van der Waals surface area contributed by atoms with Crippen LogP contribution < -0.4 is 0 Å². The molecule has 0 heterocycles. The summed E-state index contributed by atoms with van der Waals surface area (Å²) in [4.78, 5) is 0. The molecule has 0 N–H and O–H groups in total. The van der Waals surface area contributed by atoms with E-state index in [0.29, 0.717) is 0 Å². The molecule has 0 bridgehead atoms. The Bertz CT molecular complexity index is 106. The molecule has 0 aromatic rings. The van der Waals surface area contributed by atoms with Crippen LogP contribution in [-0.4, -0.2) is 13.3 Å². The molecule has 0 aliphatic heterocycles. The summed E-state index contributed by atoms with van der Waals surface area (Å²) in [5.41, 5.74) is 0. The molecule has 0 amide bonds. The van der Waals surface area contributed by atoms with Crippen molar-refractivity contribution >= 4 is 0 Å². The van der Waals surface area contributed by atoms with E-state index >= 15 is 0 Å². The largest absolute Gasteiger partial charge is 0.462 e. The van der Waals surface area contributed by atoms with Crippen molar-refractivity contribution in [1.82, 2.24) is 0 Å². The quantitative estimate of drug-likeness (QED) is 0.534. The van der Waals surface area contributed by atoms with Gasteiger partial charge in [-0.25, -0.2) is 8.78 Å². The van der Waals surface area contributed by atoms with Gasteiger partial charge in [0.15, 0.2) is 0 Å². The van der Waals surface area contributed by atoms with E-state index in [4.69, 9.17) is 0 Å². The molecule has 0 atom stereocenters. The summed E-state index contributed by atoms with van der Waals surface area (Å²) in [7, 11) is 0. The summed E-state index contributed by atoms with van der Waals surface area (Å²) in [6.07, 6.45) is 0. The predicted octanol–water partition coefficient (Wildman–Crippen LogP) is 1.97. The highest BCUT2D eigenvalue weighted by atomic mass is 19.1. The Morgan fingerprint density at radius 3 is 1.67 bits per heavy atom. The van der Waals surface area contributed by atoms with Crippen LogP contribution in [0.1, 0.15) is 0 Å². The van der Waals surface area contributed by atoms with Crippen LogP contribution >= 0.6 is 0 Å². The van der Waals surface area contributed by atoms with Crippen molar-refractivity contribution in [3.8, 4) is 0 Å². The first-order valence-corrected chi connectivity index (χ1v) is 2.36. The molecule has 3 heteroatoms. The van der Waals surface area contributed by atoms with Gasteiger partial charge in [-0.05, 0) is 0 Å². The Kier molecular flexibility index (Phi) is 3.67. The van der Waals surface area contributed by atoms with Crippen LogP contribution in [-0.2, 0) is 4.74 Å². The van der Waals surface area contributed by atoms with Crippen molar-refractivity contribution in [3.05, 3.63) is 24.7 Å². The van der Waals surface area contributed by atoms with Crippen molar-refractivity contribution in [3.63, 3.8) is 0 Å². The normalized spacial score (nSPS) is 8.67. The number of allylic oxidation sites excluding steroid dienone is 2. The van der Waals surface area contributed by atoms with Gasteiger partial charge in [0.1, 0.15) is 24.9 Å². The Labute approximate surface area is 52.6 Å². The second kappa shape index (κ2) is 4.06. The number of hydrogen-bond donors (Lipinski definition) is 0. The minimum Gasteiger partial charge on any atom is -0.462 e. The summed E-state index contributed by atoms with van der Waals surface area (Å²) in [5, 5.41) is 0. The van der Waals surface area contributed by atoms with Crippen molar-refractivity contribution in [2.24, 2.45) is 0 Å². The number of rotatable bonds is 4.